The number of ether oxygens (including phenoxy) is 1. The standard InChI is InChI=1S/C7H6Br2N2O4S/c8-3-4(15-1-2(12)13)5(7(10)11-14)16-6(3)9/h14H,1H2,(H2,10,11)(H,12,13). The van der Waals surface area contributed by atoms with E-state index in [1.807, 2.05) is 0 Å². The number of carbonyl (C=O) groups is 1. The molecule has 88 valence electrons. The molecule has 6 nitrogen and oxygen atoms in total. The van der Waals surface area contributed by atoms with Crippen LogP contribution in [0.2, 0.25) is 0 Å². The molecule has 0 bridgehead atoms. The van der Waals surface area contributed by atoms with E-state index in [1.54, 1.807) is 0 Å². The Morgan fingerprint density at radius 3 is 2.69 bits per heavy atom. The molecule has 1 heterocycles. The van der Waals surface area contributed by atoms with Crippen molar-refractivity contribution in [2.75, 3.05) is 6.61 Å². The van der Waals surface area contributed by atoms with Gasteiger partial charge in [0.2, 0.25) is 0 Å². The number of hydrogen-bond acceptors (Lipinski definition) is 5. The molecule has 0 saturated heterocycles. The minimum absolute atomic E-state index is 0.142. The first-order valence-electron chi connectivity index (χ1n) is 3.77. The van der Waals surface area contributed by atoms with Gasteiger partial charge in [-0.1, -0.05) is 5.16 Å². The second-order valence-electron chi connectivity index (χ2n) is 2.52. The lowest BCUT2D eigenvalue weighted by Gasteiger charge is -2.04. The van der Waals surface area contributed by atoms with Gasteiger partial charge < -0.3 is 20.8 Å². The predicted molar refractivity (Wildman–Crippen MR) is 65.4 cm³/mol. The Morgan fingerprint density at radius 1 is 1.56 bits per heavy atom. The number of nitrogens with zero attached hydrogens (tertiary/aromatic N) is 1. The molecule has 0 amide bonds. The van der Waals surface area contributed by atoms with Gasteiger partial charge in [0.1, 0.15) is 4.88 Å². The molecule has 1 aromatic rings. The molecule has 0 aliphatic rings. The first-order chi connectivity index (χ1) is 7.47. The fourth-order valence-corrected chi connectivity index (χ4v) is 2.96. The molecule has 1 rings (SSSR count). The third-order valence-electron chi connectivity index (χ3n) is 1.45. The van der Waals surface area contributed by atoms with E-state index in [2.05, 4.69) is 37.0 Å². The van der Waals surface area contributed by atoms with Crippen LogP contribution in [0.15, 0.2) is 13.4 Å². The lowest BCUT2D eigenvalue weighted by atomic mass is 10.4. The Morgan fingerprint density at radius 2 is 2.19 bits per heavy atom. The van der Waals surface area contributed by atoms with Crippen molar-refractivity contribution in [1.82, 2.24) is 0 Å². The van der Waals surface area contributed by atoms with Crippen molar-refractivity contribution in [2.24, 2.45) is 10.9 Å². The summed E-state index contributed by atoms with van der Waals surface area (Å²) in [4.78, 5) is 10.7. The third-order valence-corrected chi connectivity index (χ3v) is 4.87. The van der Waals surface area contributed by atoms with E-state index in [4.69, 9.17) is 20.8 Å². The fourth-order valence-electron chi connectivity index (χ4n) is 0.847. The number of thiophene rings is 1. The van der Waals surface area contributed by atoms with Crippen molar-refractivity contribution in [3.8, 4) is 5.75 Å². The number of halogens is 2. The summed E-state index contributed by atoms with van der Waals surface area (Å²) in [6.07, 6.45) is 0. The van der Waals surface area contributed by atoms with Crippen molar-refractivity contribution in [3.05, 3.63) is 13.1 Å². The summed E-state index contributed by atoms with van der Waals surface area (Å²) in [5.41, 5.74) is 5.43. The van der Waals surface area contributed by atoms with Gasteiger partial charge >= 0.3 is 5.97 Å². The number of carboxylic acid groups (broad SMARTS) is 1. The van der Waals surface area contributed by atoms with E-state index in [1.165, 1.54) is 0 Å². The van der Waals surface area contributed by atoms with Crippen LogP contribution in [0, 0.1) is 0 Å². The van der Waals surface area contributed by atoms with Gasteiger partial charge in [0.15, 0.2) is 18.2 Å². The average molecular weight is 374 g/mol. The van der Waals surface area contributed by atoms with Crippen LogP contribution in [0.25, 0.3) is 0 Å². The summed E-state index contributed by atoms with van der Waals surface area (Å²) in [6, 6.07) is 0. The summed E-state index contributed by atoms with van der Waals surface area (Å²) in [5, 5.41) is 19.9. The second-order valence-corrected chi connectivity index (χ2v) is 5.65. The average Bonchev–Trinajstić information content (AvgIpc) is 2.52. The Kier molecular flexibility index (Phi) is 4.56. The van der Waals surface area contributed by atoms with Crippen LogP contribution in [0.3, 0.4) is 0 Å². The molecule has 0 atom stereocenters. The summed E-state index contributed by atoms with van der Waals surface area (Å²) >= 11 is 7.59. The number of rotatable bonds is 4. The van der Waals surface area contributed by atoms with Crippen LogP contribution >= 0.6 is 43.2 Å². The highest BCUT2D eigenvalue weighted by atomic mass is 79.9. The number of aliphatic carboxylic acids is 1. The molecule has 1 aromatic heterocycles. The van der Waals surface area contributed by atoms with E-state index in [-0.39, 0.29) is 11.6 Å². The van der Waals surface area contributed by atoms with Crippen LogP contribution in [0.4, 0.5) is 0 Å². The maximum absolute atomic E-state index is 10.4. The van der Waals surface area contributed by atoms with Crippen molar-refractivity contribution >= 4 is 55.0 Å². The Hall–Kier alpha value is -0.800. The minimum atomic E-state index is -1.11. The van der Waals surface area contributed by atoms with Gasteiger partial charge in [0.05, 0.1) is 8.26 Å². The Bertz CT molecular complexity index is 446. The minimum Gasteiger partial charge on any atom is -0.479 e. The molecule has 0 aliphatic carbocycles. The molecule has 0 unspecified atom stereocenters. The predicted octanol–water partition coefficient (Wildman–Crippen LogP) is 1.83. The van der Waals surface area contributed by atoms with Gasteiger partial charge in [0, 0.05) is 0 Å². The number of nitrogens with two attached hydrogens (primary N) is 1. The fraction of sp³-hybridized carbons (Fsp3) is 0.143. The van der Waals surface area contributed by atoms with Crippen molar-refractivity contribution in [1.29, 1.82) is 0 Å². The van der Waals surface area contributed by atoms with Gasteiger partial charge in [-0.05, 0) is 31.9 Å². The zero-order valence-corrected chi connectivity index (χ0v) is 11.6. The zero-order chi connectivity index (χ0) is 12.3. The number of hydrogen-bond donors (Lipinski definition) is 3. The van der Waals surface area contributed by atoms with Gasteiger partial charge in [0.25, 0.3) is 0 Å². The number of amidine groups is 1. The molecule has 0 fully saturated rings. The molecule has 0 aromatic carbocycles. The quantitative estimate of drug-likeness (QED) is 0.323. The van der Waals surface area contributed by atoms with Gasteiger partial charge in [-0.3, -0.25) is 0 Å². The third kappa shape index (κ3) is 2.86. The van der Waals surface area contributed by atoms with E-state index in [0.717, 1.165) is 11.3 Å². The maximum atomic E-state index is 10.4. The van der Waals surface area contributed by atoms with Crippen LogP contribution in [0.1, 0.15) is 4.88 Å². The highest BCUT2D eigenvalue weighted by Crippen LogP contribution is 2.43. The van der Waals surface area contributed by atoms with Crippen molar-refractivity contribution in [3.63, 3.8) is 0 Å². The summed E-state index contributed by atoms with van der Waals surface area (Å²) < 4.78 is 6.22. The maximum Gasteiger partial charge on any atom is 0.341 e. The summed E-state index contributed by atoms with van der Waals surface area (Å²) in [7, 11) is 0. The van der Waals surface area contributed by atoms with Crippen molar-refractivity contribution < 1.29 is 19.8 Å². The number of oxime groups is 1. The lowest BCUT2D eigenvalue weighted by Crippen LogP contribution is -2.15. The molecular formula is C7H6Br2N2O4S. The monoisotopic (exact) mass is 372 g/mol. The Labute approximate surface area is 111 Å². The molecule has 0 radical (unpaired) electrons. The molecule has 0 saturated carbocycles. The summed E-state index contributed by atoms with van der Waals surface area (Å²) in [5.74, 6) is -1.02. The van der Waals surface area contributed by atoms with Crippen molar-refractivity contribution in [2.45, 2.75) is 0 Å². The Balaban J connectivity index is 3.09. The lowest BCUT2D eigenvalue weighted by molar-refractivity contribution is -0.139. The summed E-state index contributed by atoms with van der Waals surface area (Å²) in [6.45, 7) is -0.506. The molecule has 16 heavy (non-hydrogen) atoms. The molecule has 9 heteroatoms. The van der Waals surface area contributed by atoms with Crippen LogP contribution < -0.4 is 10.5 Å². The highest BCUT2D eigenvalue weighted by Gasteiger charge is 2.20. The smallest absolute Gasteiger partial charge is 0.341 e. The highest BCUT2D eigenvalue weighted by molar-refractivity contribution is 9.13. The largest absolute Gasteiger partial charge is 0.479 e. The number of carboxylic acids is 1. The van der Waals surface area contributed by atoms with Gasteiger partial charge in [-0.2, -0.15) is 0 Å². The van der Waals surface area contributed by atoms with E-state index >= 15 is 0 Å². The first kappa shape index (κ1) is 13.3. The van der Waals surface area contributed by atoms with Crippen LogP contribution in [-0.2, 0) is 4.79 Å². The van der Waals surface area contributed by atoms with Gasteiger partial charge in [-0.25, -0.2) is 4.79 Å². The SMILES string of the molecule is NC(=NO)c1sc(Br)c(Br)c1OCC(=O)O. The molecular weight excluding hydrogens is 368 g/mol. The van der Waals surface area contributed by atoms with Gasteiger partial charge in [-0.15, -0.1) is 11.3 Å². The molecule has 0 spiro atoms. The topological polar surface area (TPSA) is 105 Å². The van der Waals surface area contributed by atoms with E-state index < -0.39 is 12.6 Å². The van der Waals surface area contributed by atoms with Crippen LogP contribution in [-0.4, -0.2) is 28.7 Å². The van der Waals surface area contributed by atoms with E-state index in [0.29, 0.717) is 13.1 Å². The van der Waals surface area contributed by atoms with Crippen LogP contribution in [0.5, 0.6) is 5.75 Å². The molecule has 0 aliphatic heterocycles. The zero-order valence-electron chi connectivity index (χ0n) is 7.61. The van der Waals surface area contributed by atoms with E-state index in [9.17, 15) is 4.79 Å². The normalized spacial score (nSPS) is 11.5. The second kappa shape index (κ2) is 5.51. The molecule has 4 N–H and O–H groups in total. The first-order valence-corrected chi connectivity index (χ1v) is 6.18.